The molecule has 1 aromatic carbocycles. The highest BCUT2D eigenvalue weighted by Crippen LogP contribution is 2.20. The molecule has 3 N–H and O–H groups in total. The molecule has 0 radical (unpaired) electrons. The Morgan fingerprint density at radius 1 is 1.47 bits per heavy atom. The number of phenols is 2. The van der Waals surface area contributed by atoms with Gasteiger partial charge in [-0.05, 0) is 31.3 Å². The van der Waals surface area contributed by atoms with E-state index in [2.05, 4.69) is 15.3 Å². The van der Waals surface area contributed by atoms with Crippen LogP contribution in [0.2, 0.25) is 0 Å². The minimum atomic E-state index is -0.446. The number of hydrogen-bond acceptors (Lipinski definition) is 6. The molecule has 19 heavy (non-hydrogen) atoms. The molecule has 0 aliphatic heterocycles. The molecule has 0 aliphatic rings. The van der Waals surface area contributed by atoms with Crippen LogP contribution in [-0.2, 0) is 0 Å². The van der Waals surface area contributed by atoms with Crippen molar-refractivity contribution in [1.82, 2.24) is 14.9 Å². The van der Waals surface area contributed by atoms with E-state index >= 15 is 0 Å². The van der Waals surface area contributed by atoms with Crippen LogP contribution >= 0.6 is 12.2 Å². The summed E-state index contributed by atoms with van der Waals surface area (Å²) in [6.45, 7) is 1.53. The number of aromatic hydroxyl groups is 2. The van der Waals surface area contributed by atoms with Gasteiger partial charge in [-0.25, -0.2) is 0 Å². The number of H-pyrrole nitrogens is 1. The Morgan fingerprint density at radius 3 is 2.89 bits per heavy atom. The minimum absolute atomic E-state index is 0.0464. The van der Waals surface area contributed by atoms with Gasteiger partial charge in [-0.15, -0.1) is 0 Å². The smallest absolute Gasteiger partial charge is 0.296 e. The second kappa shape index (κ2) is 5.02. The van der Waals surface area contributed by atoms with Crippen molar-refractivity contribution in [3.05, 3.63) is 44.6 Å². The Labute approximate surface area is 112 Å². The predicted molar refractivity (Wildman–Crippen MR) is 71.2 cm³/mol. The lowest BCUT2D eigenvalue weighted by molar-refractivity contribution is 0.450. The molecular weight excluding hydrogens is 268 g/mol. The summed E-state index contributed by atoms with van der Waals surface area (Å²) in [7, 11) is 0. The molecule has 0 aliphatic carbocycles. The van der Waals surface area contributed by atoms with Gasteiger partial charge in [0.1, 0.15) is 17.2 Å². The molecule has 0 bridgehead atoms. The minimum Gasteiger partial charge on any atom is -0.508 e. The zero-order chi connectivity index (χ0) is 14.0. The molecule has 0 amide bonds. The number of aryl methyl sites for hydroxylation is 1. The molecule has 0 saturated heterocycles. The molecule has 2 aromatic rings. The highest BCUT2D eigenvalue weighted by Gasteiger charge is 2.02. The topological polar surface area (TPSA) is 104 Å². The van der Waals surface area contributed by atoms with Gasteiger partial charge in [-0.3, -0.25) is 9.89 Å². The van der Waals surface area contributed by atoms with E-state index in [1.54, 1.807) is 0 Å². The molecular formula is C11H10N4O3S. The van der Waals surface area contributed by atoms with Crippen LogP contribution in [0.3, 0.4) is 0 Å². The summed E-state index contributed by atoms with van der Waals surface area (Å²) < 4.78 is 1.01. The van der Waals surface area contributed by atoms with Crippen LogP contribution in [0.15, 0.2) is 28.1 Å². The van der Waals surface area contributed by atoms with Crippen LogP contribution in [-0.4, -0.2) is 31.3 Å². The number of nitrogens with one attached hydrogen (secondary N) is 1. The summed E-state index contributed by atoms with van der Waals surface area (Å²) in [5.74, 6) is -0.221. The molecule has 0 unspecified atom stereocenters. The van der Waals surface area contributed by atoms with Gasteiger partial charge in [0, 0.05) is 11.6 Å². The van der Waals surface area contributed by atoms with Crippen LogP contribution in [0.4, 0.5) is 0 Å². The van der Waals surface area contributed by atoms with Crippen LogP contribution < -0.4 is 5.56 Å². The van der Waals surface area contributed by atoms with Crippen molar-refractivity contribution >= 4 is 18.4 Å². The van der Waals surface area contributed by atoms with E-state index in [1.165, 1.54) is 31.3 Å². The van der Waals surface area contributed by atoms with Gasteiger partial charge in [0.2, 0.25) is 4.77 Å². The molecule has 1 heterocycles. The fourth-order valence-corrected chi connectivity index (χ4v) is 1.51. The van der Waals surface area contributed by atoms with E-state index in [0.29, 0.717) is 5.56 Å². The van der Waals surface area contributed by atoms with E-state index in [-0.39, 0.29) is 22.0 Å². The Kier molecular flexibility index (Phi) is 3.43. The van der Waals surface area contributed by atoms with Gasteiger partial charge in [0.15, 0.2) is 0 Å². The summed E-state index contributed by atoms with van der Waals surface area (Å²) in [5, 5.41) is 28.8. The molecule has 2 rings (SSSR count). The second-order valence-corrected chi connectivity index (χ2v) is 4.11. The summed E-state index contributed by atoms with van der Waals surface area (Å²) >= 11 is 4.90. The Balaban J connectivity index is 2.47. The summed E-state index contributed by atoms with van der Waals surface area (Å²) in [6.07, 6.45) is 1.26. The van der Waals surface area contributed by atoms with Crippen LogP contribution in [0.1, 0.15) is 11.3 Å². The van der Waals surface area contributed by atoms with Gasteiger partial charge < -0.3 is 10.2 Å². The van der Waals surface area contributed by atoms with Gasteiger partial charge >= 0.3 is 0 Å². The molecule has 8 heteroatoms. The molecule has 98 valence electrons. The molecule has 1 aromatic heterocycles. The second-order valence-electron chi connectivity index (χ2n) is 3.72. The third-order valence-electron chi connectivity index (χ3n) is 2.34. The van der Waals surface area contributed by atoms with E-state index in [1.807, 2.05) is 0 Å². The van der Waals surface area contributed by atoms with Crippen molar-refractivity contribution in [3.8, 4) is 11.5 Å². The third-order valence-corrected chi connectivity index (χ3v) is 2.60. The van der Waals surface area contributed by atoms with E-state index in [0.717, 1.165) is 4.68 Å². The van der Waals surface area contributed by atoms with Gasteiger partial charge in [0.25, 0.3) is 5.56 Å². The first-order chi connectivity index (χ1) is 8.99. The highest BCUT2D eigenvalue weighted by atomic mass is 32.1. The number of phenolic OH excluding ortho intramolecular Hbond substituents is 2. The fourth-order valence-electron chi connectivity index (χ4n) is 1.34. The lowest BCUT2D eigenvalue weighted by Gasteiger charge is -2.01. The lowest BCUT2D eigenvalue weighted by Crippen LogP contribution is -2.22. The third kappa shape index (κ3) is 2.68. The van der Waals surface area contributed by atoms with Crippen LogP contribution in [0.25, 0.3) is 0 Å². The monoisotopic (exact) mass is 278 g/mol. The highest BCUT2D eigenvalue weighted by molar-refractivity contribution is 7.71. The summed E-state index contributed by atoms with van der Waals surface area (Å²) in [6, 6.07) is 4.02. The molecule has 0 saturated carbocycles. The molecule has 0 fully saturated rings. The number of aromatic nitrogens is 3. The number of benzene rings is 1. The maximum Gasteiger partial charge on any atom is 0.296 e. The zero-order valence-electron chi connectivity index (χ0n) is 9.86. The average Bonchev–Trinajstić information content (AvgIpc) is 2.36. The molecule has 7 nitrogen and oxygen atoms in total. The summed E-state index contributed by atoms with van der Waals surface area (Å²) in [4.78, 5) is 11.7. The number of rotatable bonds is 2. The predicted octanol–water partition coefficient (Wildman–Crippen LogP) is 0.903. The maximum absolute atomic E-state index is 11.7. The van der Waals surface area contributed by atoms with Crippen molar-refractivity contribution < 1.29 is 10.2 Å². The normalized spacial score (nSPS) is 11.0. The van der Waals surface area contributed by atoms with Crippen LogP contribution in [0, 0.1) is 11.7 Å². The van der Waals surface area contributed by atoms with Crippen molar-refractivity contribution in [3.63, 3.8) is 0 Å². The Bertz CT molecular complexity index is 763. The summed E-state index contributed by atoms with van der Waals surface area (Å²) in [5.41, 5.74) is 0.118. The Hall–Kier alpha value is -2.48. The van der Waals surface area contributed by atoms with Gasteiger partial charge in [-0.1, -0.05) is 0 Å². The van der Waals surface area contributed by atoms with Crippen LogP contribution in [0.5, 0.6) is 11.5 Å². The molecule has 0 atom stereocenters. The van der Waals surface area contributed by atoms with Crippen molar-refractivity contribution in [2.75, 3.05) is 0 Å². The number of hydrogen-bond donors (Lipinski definition) is 3. The van der Waals surface area contributed by atoms with E-state index in [4.69, 9.17) is 17.3 Å². The maximum atomic E-state index is 11.7. The fraction of sp³-hybridized carbons (Fsp3) is 0.0909. The SMILES string of the molecule is Cc1n[nH]c(=S)n(N=Cc2ccc(O)cc2O)c1=O. The first-order valence-electron chi connectivity index (χ1n) is 5.23. The van der Waals surface area contributed by atoms with Gasteiger partial charge in [-0.2, -0.15) is 14.9 Å². The first kappa shape index (κ1) is 13.0. The zero-order valence-corrected chi connectivity index (χ0v) is 10.7. The quantitative estimate of drug-likeness (QED) is 0.559. The van der Waals surface area contributed by atoms with E-state index in [9.17, 15) is 9.90 Å². The van der Waals surface area contributed by atoms with Crippen molar-refractivity contribution in [2.24, 2.45) is 5.10 Å². The van der Waals surface area contributed by atoms with Gasteiger partial charge in [0.05, 0.1) is 6.21 Å². The standard InChI is InChI=1S/C11H10N4O3S/c1-6-10(18)15(11(19)14-13-6)12-5-7-2-3-8(16)4-9(7)17/h2-5,16-17H,1H3,(H,14,19). The van der Waals surface area contributed by atoms with Crippen molar-refractivity contribution in [2.45, 2.75) is 6.92 Å². The first-order valence-corrected chi connectivity index (χ1v) is 5.64. The number of nitrogens with zero attached hydrogens (tertiary/aromatic N) is 3. The van der Waals surface area contributed by atoms with Crippen molar-refractivity contribution in [1.29, 1.82) is 0 Å². The number of aromatic amines is 1. The van der Waals surface area contributed by atoms with E-state index < -0.39 is 5.56 Å². The molecule has 0 spiro atoms. The average molecular weight is 278 g/mol. The lowest BCUT2D eigenvalue weighted by atomic mass is 10.2. The largest absolute Gasteiger partial charge is 0.508 e. The Morgan fingerprint density at radius 2 is 2.21 bits per heavy atom.